The molecule has 2 amide bonds. The number of anilines is 2. The second-order valence-corrected chi connectivity index (χ2v) is 9.67. The molecule has 3 aliphatic rings. The summed E-state index contributed by atoms with van der Waals surface area (Å²) >= 11 is 0. The topological polar surface area (TPSA) is 83.6 Å². The van der Waals surface area contributed by atoms with E-state index in [2.05, 4.69) is 22.5 Å². The highest BCUT2D eigenvalue weighted by molar-refractivity contribution is 5.98. The zero-order chi connectivity index (χ0) is 23.1. The first-order valence-corrected chi connectivity index (χ1v) is 11.9. The Kier molecular flexibility index (Phi) is 5.83. The SMILES string of the molecule is CC(=O)N1c2ccc(C(=O)N[C@H]3CCOC3)cc2[C@H](Nc2cccc(C)n2)[C@@H](C)[C@@H]1C1CC1. The van der Waals surface area contributed by atoms with Crippen molar-refractivity contribution in [3.05, 3.63) is 53.2 Å². The van der Waals surface area contributed by atoms with Gasteiger partial charge in [-0.1, -0.05) is 13.0 Å². The summed E-state index contributed by atoms with van der Waals surface area (Å²) in [6.07, 6.45) is 3.12. The third-order valence-corrected chi connectivity index (χ3v) is 7.15. The van der Waals surface area contributed by atoms with Crippen molar-refractivity contribution in [1.82, 2.24) is 10.3 Å². The number of aromatic nitrogens is 1. The predicted octanol–water partition coefficient (Wildman–Crippen LogP) is 3.84. The van der Waals surface area contributed by atoms with Crippen LogP contribution >= 0.6 is 0 Å². The van der Waals surface area contributed by atoms with Crippen LogP contribution in [0.5, 0.6) is 0 Å². The number of nitrogens with one attached hydrogen (secondary N) is 2. The largest absolute Gasteiger partial charge is 0.379 e. The zero-order valence-corrected chi connectivity index (χ0v) is 19.5. The summed E-state index contributed by atoms with van der Waals surface area (Å²) in [5, 5.41) is 6.72. The molecule has 2 aromatic rings. The van der Waals surface area contributed by atoms with Gasteiger partial charge in [0.1, 0.15) is 5.82 Å². The van der Waals surface area contributed by atoms with Gasteiger partial charge in [0.15, 0.2) is 0 Å². The second-order valence-electron chi connectivity index (χ2n) is 9.67. The molecule has 1 saturated carbocycles. The lowest BCUT2D eigenvalue weighted by atomic mass is 9.79. The standard InChI is InChI=1S/C26H32N4O3/c1-15-5-4-6-23(27-15)29-24-16(2)25(18-7-8-18)30(17(3)31)22-10-9-19(13-21(22)24)26(32)28-20-11-12-33-14-20/h4-6,9-10,13,16,18,20,24-25H,7-8,11-12,14H2,1-3H3,(H,27,29)(H,28,32)/t16-,20+,24-,25-/m1/s1. The first-order valence-electron chi connectivity index (χ1n) is 11.9. The fraction of sp³-hybridized carbons (Fsp3) is 0.500. The number of pyridine rings is 1. The van der Waals surface area contributed by atoms with Crippen LogP contribution in [-0.2, 0) is 9.53 Å². The van der Waals surface area contributed by atoms with Crippen molar-refractivity contribution in [1.29, 1.82) is 0 Å². The predicted molar refractivity (Wildman–Crippen MR) is 127 cm³/mol. The van der Waals surface area contributed by atoms with Crippen molar-refractivity contribution in [2.75, 3.05) is 23.4 Å². The van der Waals surface area contributed by atoms with Gasteiger partial charge in [-0.25, -0.2) is 4.98 Å². The molecule has 7 heteroatoms. The Morgan fingerprint density at radius 1 is 1.15 bits per heavy atom. The Balaban J connectivity index is 1.54. The normalized spacial score (nSPS) is 26.6. The van der Waals surface area contributed by atoms with E-state index in [0.29, 0.717) is 24.7 Å². The first kappa shape index (κ1) is 21.9. The van der Waals surface area contributed by atoms with E-state index in [1.165, 1.54) is 0 Å². The molecule has 0 unspecified atom stereocenters. The van der Waals surface area contributed by atoms with Gasteiger partial charge in [0.2, 0.25) is 5.91 Å². The fourth-order valence-corrected chi connectivity index (χ4v) is 5.41. The number of fused-ring (bicyclic) bond motifs is 1. The molecule has 1 aromatic heterocycles. The number of hydrogen-bond donors (Lipinski definition) is 2. The number of carbonyl (C=O) groups is 2. The third kappa shape index (κ3) is 4.34. The molecule has 1 saturated heterocycles. The number of hydrogen-bond acceptors (Lipinski definition) is 5. The van der Waals surface area contributed by atoms with Crippen LogP contribution in [0.15, 0.2) is 36.4 Å². The van der Waals surface area contributed by atoms with Crippen LogP contribution in [0, 0.1) is 18.8 Å². The maximum absolute atomic E-state index is 13.0. The van der Waals surface area contributed by atoms with Crippen molar-refractivity contribution < 1.29 is 14.3 Å². The van der Waals surface area contributed by atoms with Gasteiger partial charge in [-0.05, 0) is 68.0 Å². The van der Waals surface area contributed by atoms with E-state index in [-0.39, 0.29) is 35.9 Å². The van der Waals surface area contributed by atoms with Gasteiger partial charge in [-0.15, -0.1) is 0 Å². The van der Waals surface area contributed by atoms with Gasteiger partial charge in [0, 0.05) is 42.4 Å². The highest BCUT2D eigenvalue weighted by Crippen LogP contribution is 2.50. The van der Waals surface area contributed by atoms with Crippen LogP contribution in [0.3, 0.4) is 0 Å². The first-order chi connectivity index (χ1) is 15.9. The Morgan fingerprint density at radius 3 is 2.64 bits per heavy atom. The Morgan fingerprint density at radius 2 is 1.97 bits per heavy atom. The molecule has 3 heterocycles. The van der Waals surface area contributed by atoms with Gasteiger partial charge >= 0.3 is 0 Å². The van der Waals surface area contributed by atoms with Gasteiger partial charge in [-0.2, -0.15) is 0 Å². The Hall–Kier alpha value is -2.93. The van der Waals surface area contributed by atoms with E-state index in [9.17, 15) is 9.59 Å². The second kappa shape index (κ2) is 8.78. The van der Waals surface area contributed by atoms with E-state index in [1.54, 1.807) is 6.92 Å². The molecule has 2 N–H and O–H groups in total. The van der Waals surface area contributed by atoms with E-state index in [1.807, 2.05) is 48.2 Å². The number of benzene rings is 1. The maximum Gasteiger partial charge on any atom is 0.251 e. The van der Waals surface area contributed by atoms with Crippen molar-refractivity contribution in [2.45, 2.75) is 58.2 Å². The number of carbonyl (C=O) groups excluding carboxylic acids is 2. The zero-order valence-electron chi connectivity index (χ0n) is 19.5. The lowest BCUT2D eigenvalue weighted by molar-refractivity contribution is -0.117. The molecule has 33 heavy (non-hydrogen) atoms. The third-order valence-electron chi connectivity index (χ3n) is 7.15. The molecule has 0 spiro atoms. The van der Waals surface area contributed by atoms with Gasteiger partial charge in [-0.3, -0.25) is 9.59 Å². The van der Waals surface area contributed by atoms with Crippen molar-refractivity contribution in [3.63, 3.8) is 0 Å². The summed E-state index contributed by atoms with van der Waals surface area (Å²) < 4.78 is 5.40. The Labute approximate surface area is 194 Å². The smallest absolute Gasteiger partial charge is 0.251 e. The molecular formula is C26H32N4O3. The maximum atomic E-state index is 13.0. The van der Waals surface area contributed by atoms with Crippen LogP contribution in [0.2, 0.25) is 0 Å². The molecular weight excluding hydrogens is 416 g/mol. The van der Waals surface area contributed by atoms with Crippen molar-refractivity contribution >= 4 is 23.3 Å². The average molecular weight is 449 g/mol. The van der Waals surface area contributed by atoms with E-state index in [4.69, 9.17) is 4.74 Å². The number of ether oxygens (including phenoxy) is 1. The summed E-state index contributed by atoms with van der Waals surface area (Å²) in [6, 6.07) is 11.8. The quantitative estimate of drug-likeness (QED) is 0.726. The highest BCUT2D eigenvalue weighted by atomic mass is 16.5. The lowest BCUT2D eigenvalue weighted by Crippen LogP contribution is -2.51. The summed E-state index contributed by atoms with van der Waals surface area (Å²) in [5.74, 6) is 1.43. The van der Waals surface area contributed by atoms with Crippen LogP contribution < -0.4 is 15.5 Å². The molecule has 0 bridgehead atoms. The molecule has 174 valence electrons. The van der Waals surface area contributed by atoms with Crippen LogP contribution in [-0.4, -0.2) is 42.1 Å². The molecule has 1 aromatic carbocycles. The molecule has 1 aliphatic carbocycles. The monoisotopic (exact) mass is 448 g/mol. The van der Waals surface area contributed by atoms with Gasteiger partial charge in [0.05, 0.1) is 18.7 Å². The molecule has 0 radical (unpaired) electrons. The average Bonchev–Trinajstić information content (AvgIpc) is 3.50. The molecule has 2 fully saturated rings. The van der Waals surface area contributed by atoms with E-state index in [0.717, 1.165) is 42.0 Å². The highest BCUT2D eigenvalue weighted by Gasteiger charge is 2.47. The molecule has 4 atom stereocenters. The summed E-state index contributed by atoms with van der Waals surface area (Å²) in [4.78, 5) is 32.4. The van der Waals surface area contributed by atoms with Crippen molar-refractivity contribution in [3.8, 4) is 0 Å². The fourth-order valence-electron chi connectivity index (χ4n) is 5.41. The van der Waals surface area contributed by atoms with Gasteiger partial charge in [0.25, 0.3) is 5.91 Å². The summed E-state index contributed by atoms with van der Waals surface area (Å²) in [5.41, 5.74) is 3.40. The minimum Gasteiger partial charge on any atom is -0.379 e. The number of amides is 2. The molecule has 7 nitrogen and oxygen atoms in total. The number of aryl methyl sites for hydroxylation is 1. The summed E-state index contributed by atoms with van der Waals surface area (Å²) in [6.45, 7) is 7.06. The number of nitrogens with zero attached hydrogens (tertiary/aromatic N) is 2. The molecule has 5 rings (SSSR count). The van der Waals surface area contributed by atoms with Gasteiger partial charge < -0.3 is 20.3 Å². The van der Waals surface area contributed by atoms with Crippen LogP contribution in [0.1, 0.15) is 60.8 Å². The van der Waals surface area contributed by atoms with E-state index >= 15 is 0 Å². The van der Waals surface area contributed by atoms with Crippen LogP contribution in [0.4, 0.5) is 11.5 Å². The Bertz CT molecular complexity index is 1060. The van der Waals surface area contributed by atoms with Crippen LogP contribution in [0.25, 0.3) is 0 Å². The minimum absolute atomic E-state index is 0.0471. The lowest BCUT2D eigenvalue weighted by Gasteiger charge is -2.46. The minimum atomic E-state index is -0.105. The number of rotatable bonds is 5. The molecule has 2 aliphatic heterocycles. The van der Waals surface area contributed by atoms with Crippen molar-refractivity contribution in [2.24, 2.45) is 11.8 Å². The van der Waals surface area contributed by atoms with E-state index < -0.39 is 0 Å². The summed E-state index contributed by atoms with van der Waals surface area (Å²) in [7, 11) is 0.